The number of hydrogen-bond acceptors (Lipinski definition) is 2. The van der Waals surface area contributed by atoms with Crippen molar-refractivity contribution in [2.24, 2.45) is 0 Å². The fourth-order valence-corrected chi connectivity index (χ4v) is 1.07. The maximum atomic E-state index is 12.9. The van der Waals surface area contributed by atoms with Gasteiger partial charge in [0.15, 0.2) is 0 Å². The van der Waals surface area contributed by atoms with Gasteiger partial charge in [0.05, 0.1) is 0 Å². The highest BCUT2D eigenvalue weighted by Gasteiger charge is 2.11. The summed E-state index contributed by atoms with van der Waals surface area (Å²) >= 11 is 0. The Balaban J connectivity index is 2.66. The first-order valence-corrected chi connectivity index (χ1v) is 4.49. The molecule has 16 heavy (non-hydrogen) atoms. The number of halogens is 1. The van der Waals surface area contributed by atoms with Crippen LogP contribution in [-0.2, 0) is 4.79 Å². The zero-order valence-electron chi connectivity index (χ0n) is 8.61. The predicted molar refractivity (Wildman–Crippen MR) is 55.8 cm³/mol. The van der Waals surface area contributed by atoms with Crippen molar-refractivity contribution in [3.63, 3.8) is 0 Å². The van der Waals surface area contributed by atoms with Crippen molar-refractivity contribution in [3.8, 4) is 0 Å². The first-order chi connectivity index (χ1) is 7.50. The van der Waals surface area contributed by atoms with E-state index in [4.69, 9.17) is 5.11 Å². The average Bonchev–Trinajstić information content (AvgIpc) is 2.24. The Morgan fingerprint density at radius 3 is 2.75 bits per heavy atom. The normalized spacial score (nSPS) is 9.62. The van der Waals surface area contributed by atoms with Gasteiger partial charge in [0.25, 0.3) is 0 Å². The zero-order valence-corrected chi connectivity index (χ0v) is 8.61. The lowest BCUT2D eigenvalue weighted by molar-refractivity contribution is -0.135. The third-order valence-electron chi connectivity index (χ3n) is 1.89. The Hall–Kier alpha value is -2.11. The minimum absolute atomic E-state index is 0.350. The molecule has 0 aliphatic rings. The third kappa shape index (κ3) is 3.23. The van der Waals surface area contributed by atoms with Crippen molar-refractivity contribution in [2.45, 2.75) is 0 Å². The molecular formula is C10H11FN2O3. The predicted octanol–water partition coefficient (Wildman–Crippen LogP) is 1.06. The van der Waals surface area contributed by atoms with Gasteiger partial charge < -0.3 is 10.4 Å². The van der Waals surface area contributed by atoms with Gasteiger partial charge in [0, 0.05) is 12.7 Å². The fourth-order valence-electron chi connectivity index (χ4n) is 1.07. The van der Waals surface area contributed by atoms with Gasteiger partial charge in [0.1, 0.15) is 12.4 Å². The first kappa shape index (κ1) is 12.0. The van der Waals surface area contributed by atoms with Crippen LogP contribution < -0.4 is 10.2 Å². The molecule has 86 valence electrons. The largest absolute Gasteiger partial charge is 0.480 e. The second kappa shape index (κ2) is 5.11. The van der Waals surface area contributed by atoms with Crippen LogP contribution in [0.3, 0.4) is 0 Å². The Kier molecular flexibility index (Phi) is 3.82. The molecule has 5 nitrogen and oxygen atoms in total. The summed E-state index contributed by atoms with van der Waals surface area (Å²) in [6.45, 7) is -0.474. The maximum absolute atomic E-state index is 12.9. The maximum Gasteiger partial charge on any atom is 0.323 e. The minimum atomic E-state index is -1.14. The number of urea groups is 1. The molecule has 0 aliphatic carbocycles. The van der Waals surface area contributed by atoms with E-state index in [9.17, 15) is 14.0 Å². The van der Waals surface area contributed by atoms with Crippen molar-refractivity contribution in [3.05, 3.63) is 30.1 Å². The molecular weight excluding hydrogens is 215 g/mol. The summed E-state index contributed by atoms with van der Waals surface area (Å²) in [5, 5.41) is 10.5. The Morgan fingerprint density at radius 1 is 1.50 bits per heavy atom. The molecule has 0 radical (unpaired) electrons. The summed E-state index contributed by atoms with van der Waals surface area (Å²) in [5.74, 6) is -1.60. The number of hydrogen-bond donors (Lipinski definition) is 2. The Morgan fingerprint density at radius 2 is 2.19 bits per heavy atom. The van der Waals surface area contributed by atoms with Crippen LogP contribution in [0.5, 0.6) is 0 Å². The number of carboxylic acid groups (broad SMARTS) is 1. The number of aliphatic carboxylic acids is 1. The smallest absolute Gasteiger partial charge is 0.323 e. The molecule has 0 atom stereocenters. The van der Waals surface area contributed by atoms with Crippen LogP contribution >= 0.6 is 0 Å². The number of anilines is 1. The summed E-state index contributed by atoms with van der Waals surface area (Å²) in [4.78, 5) is 22.7. The first-order valence-electron chi connectivity index (χ1n) is 4.49. The molecule has 1 aromatic rings. The van der Waals surface area contributed by atoms with E-state index >= 15 is 0 Å². The molecule has 2 amide bonds. The molecule has 0 unspecified atom stereocenters. The summed E-state index contributed by atoms with van der Waals surface area (Å²) in [6, 6.07) is 4.84. The summed E-state index contributed by atoms with van der Waals surface area (Å²) in [5.41, 5.74) is 0.350. The van der Waals surface area contributed by atoms with Crippen LogP contribution in [-0.4, -0.2) is 30.7 Å². The van der Waals surface area contributed by atoms with E-state index in [0.717, 1.165) is 4.90 Å². The van der Waals surface area contributed by atoms with Crippen molar-refractivity contribution < 1.29 is 19.1 Å². The van der Waals surface area contributed by atoms with Gasteiger partial charge in [-0.25, -0.2) is 9.18 Å². The fraction of sp³-hybridized carbons (Fsp3) is 0.200. The number of rotatable bonds is 3. The number of nitrogens with one attached hydrogen (secondary N) is 1. The molecule has 0 fully saturated rings. The monoisotopic (exact) mass is 226 g/mol. The topological polar surface area (TPSA) is 69.6 Å². The van der Waals surface area contributed by atoms with E-state index in [0.29, 0.717) is 5.69 Å². The molecule has 0 spiro atoms. The van der Waals surface area contributed by atoms with Crippen molar-refractivity contribution >= 4 is 17.7 Å². The molecule has 0 saturated heterocycles. The lowest BCUT2D eigenvalue weighted by Gasteiger charge is -2.17. The summed E-state index contributed by atoms with van der Waals surface area (Å²) in [6.07, 6.45) is 0. The third-order valence-corrected chi connectivity index (χ3v) is 1.89. The molecule has 0 aromatic heterocycles. The molecule has 1 rings (SSSR count). The van der Waals surface area contributed by atoms with Gasteiger partial charge in [-0.3, -0.25) is 9.69 Å². The molecule has 0 heterocycles. The van der Waals surface area contributed by atoms with Crippen molar-refractivity contribution in [1.82, 2.24) is 5.32 Å². The van der Waals surface area contributed by atoms with Crippen molar-refractivity contribution in [1.29, 1.82) is 0 Å². The second-order valence-corrected chi connectivity index (χ2v) is 3.09. The van der Waals surface area contributed by atoms with E-state index in [-0.39, 0.29) is 0 Å². The van der Waals surface area contributed by atoms with E-state index in [1.807, 2.05) is 0 Å². The number of benzene rings is 1. The van der Waals surface area contributed by atoms with Crippen LogP contribution in [0.15, 0.2) is 24.3 Å². The van der Waals surface area contributed by atoms with E-state index in [1.54, 1.807) is 6.07 Å². The minimum Gasteiger partial charge on any atom is -0.480 e. The Bertz CT molecular complexity index is 409. The van der Waals surface area contributed by atoms with Gasteiger partial charge in [-0.2, -0.15) is 0 Å². The highest BCUT2D eigenvalue weighted by Crippen LogP contribution is 2.13. The standard InChI is InChI=1S/C10H11FN2O3/c1-13(10(16)12-6-9(14)15)8-4-2-3-7(11)5-8/h2-5H,6H2,1H3,(H,12,16)(H,14,15). The molecule has 0 aliphatic heterocycles. The van der Waals surface area contributed by atoms with Crippen LogP contribution in [0.2, 0.25) is 0 Å². The van der Waals surface area contributed by atoms with Gasteiger partial charge in [-0.05, 0) is 18.2 Å². The van der Waals surface area contributed by atoms with E-state index < -0.39 is 24.4 Å². The quantitative estimate of drug-likeness (QED) is 0.809. The lowest BCUT2D eigenvalue weighted by Crippen LogP contribution is -2.39. The lowest BCUT2D eigenvalue weighted by atomic mass is 10.3. The van der Waals surface area contributed by atoms with Crippen LogP contribution in [0, 0.1) is 5.82 Å². The van der Waals surface area contributed by atoms with E-state index in [2.05, 4.69) is 5.32 Å². The van der Waals surface area contributed by atoms with Crippen molar-refractivity contribution in [2.75, 3.05) is 18.5 Å². The number of carbonyl (C=O) groups is 2. The number of amides is 2. The molecule has 6 heteroatoms. The SMILES string of the molecule is CN(C(=O)NCC(=O)O)c1cccc(F)c1. The van der Waals surface area contributed by atoms with E-state index in [1.165, 1.54) is 25.2 Å². The van der Waals surface area contributed by atoms with Gasteiger partial charge in [-0.15, -0.1) is 0 Å². The highest BCUT2D eigenvalue weighted by molar-refractivity contribution is 5.93. The molecule has 1 aromatic carbocycles. The van der Waals surface area contributed by atoms with Gasteiger partial charge >= 0.3 is 12.0 Å². The highest BCUT2D eigenvalue weighted by atomic mass is 19.1. The number of carboxylic acids is 1. The van der Waals surface area contributed by atoms with Crippen LogP contribution in [0.4, 0.5) is 14.9 Å². The summed E-state index contributed by atoms with van der Waals surface area (Å²) in [7, 11) is 1.42. The average molecular weight is 226 g/mol. The molecule has 0 saturated carbocycles. The molecule has 0 bridgehead atoms. The Labute approximate surface area is 91.5 Å². The molecule has 2 N–H and O–H groups in total. The number of carbonyl (C=O) groups excluding carboxylic acids is 1. The zero-order chi connectivity index (χ0) is 12.1. The second-order valence-electron chi connectivity index (χ2n) is 3.09. The number of nitrogens with zero attached hydrogens (tertiary/aromatic N) is 1. The van der Waals surface area contributed by atoms with Crippen LogP contribution in [0.1, 0.15) is 0 Å². The van der Waals surface area contributed by atoms with Crippen LogP contribution in [0.25, 0.3) is 0 Å². The van der Waals surface area contributed by atoms with Gasteiger partial charge in [0.2, 0.25) is 0 Å². The van der Waals surface area contributed by atoms with Gasteiger partial charge in [-0.1, -0.05) is 6.07 Å². The summed E-state index contributed by atoms with van der Waals surface area (Å²) < 4.78 is 12.9.